The maximum Gasteiger partial charge on any atom is 0.190 e. The van der Waals surface area contributed by atoms with Crippen molar-refractivity contribution in [3.8, 4) is 5.75 Å². The molecule has 0 saturated carbocycles. The van der Waals surface area contributed by atoms with Crippen LogP contribution in [0.4, 0.5) is 0 Å². The maximum atomic E-state index is 7.10. The SMILES string of the molecule is CCCCCCCC(Oc1ccccc1)(n1nnc2ccccc21)[Si](C)(C)c1ccccc1. The monoisotopic (exact) mass is 457 g/mol. The van der Waals surface area contributed by atoms with Gasteiger partial charge in [-0.25, -0.2) is 4.68 Å². The number of benzene rings is 3. The average molecular weight is 458 g/mol. The van der Waals surface area contributed by atoms with Crippen molar-refractivity contribution in [1.82, 2.24) is 15.0 Å². The summed E-state index contributed by atoms with van der Waals surface area (Å²) in [4.78, 5) is 0. The van der Waals surface area contributed by atoms with E-state index in [9.17, 15) is 0 Å². The predicted octanol–water partition coefficient (Wildman–Crippen LogP) is 6.68. The molecule has 4 rings (SSSR count). The Morgan fingerprint density at radius 1 is 0.788 bits per heavy atom. The molecule has 0 spiro atoms. The van der Waals surface area contributed by atoms with Crippen LogP contribution in [0.3, 0.4) is 0 Å². The highest BCUT2D eigenvalue weighted by atomic mass is 28.3. The van der Waals surface area contributed by atoms with E-state index in [1.165, 1.54) is 30.9 Å². The van der Waals surface area contributed by atoms with Crippen LogP contribution in [0.25, 0.3) is 11.0 Å². The molecule has 0 bridgehead atoms. The molecule has 4 nitrogen and oxygen atoms in total. The Labute approximate surface area is 198 Å². The van der Waals surface area contributed by atoms with E-state index in [1.54, 1.807) is 0 Å². The van der Waals surface area contributed by atoms with Gasteiger partial charge in [-0.3, -0.25) is 0 Å². The zero-order valence-electron chi connectivity index (χ0n) is 20.1. The van der Waals surface area contributed by atoms with Gasteiger partial charge in [-0.05, 0) is 30.7 Å². The van der Waals surface area contributed by atoms with E-state index in [2.05, 4.69) is 84.4 Å². The summed E-state index contributed by atoms with van der Waals surface area (Å²) in [6.45, 7) is 7.08. The lowest BCUT2D eigenvalue weighted by Gasteiger charge is -2.45. The third-order valence-corrected chi connectivity index (χ3v) is 11.1. The van der Waals surface area contributed by atoms with Crippen LogP contribution in [0, 0.1) is 0 Å². The molecule has 0 N–H and O–H groups in total. The molecule has 4 aromatic rings. The first kappa shape index (κ1) is 23.2. The molecule has 1 aromatic heterocycles. The van der Waals surface area contributed by atoms with Crippen LogP contribution < -0.4 is 9.92 Å². The fourth-order valence-corrected chi connectivity index (χ4v) is 8.12. The second-order valence-corrected chi connectivity index (χ2v) is 14.0. The van der Waals surface area contributed by atoms with Crippen molar-refractivity contribution in [2.45, 2.75) is 63.9 Å². The zero-order valence-corrected chi connectivity index (χ0v) is 21.1. The molecule has 0 amide bonds. The van der Waals surface area contributed by atoms with Gasteiger partial charge < -0.3 is 4.74 Å². The number of nitrogens with zero attached hydrogens (tertiary/aromatic N) is 3. The van der Waals surface area contributed by atoms with Gasteiger partial charge in [-0.1, -0.05) is 117 Å². The summed E-state index contributed by atoms with van der Waals surface area (Å²) >= 11 is 0. The Morgan fingerprint density at radius 2 is 1.42 bits per heavy atom. The molecule has 0 aliphatic heterocycles. The van der Waals surface area contributed by atoms with Crippen LogP contribution in [0.2, 0.25) is 13.1 Å². The van der Waals surface area contributed by atoms with Crippen LogP contribution in [0.15, 0.2) is 84.9 Å². The first-order valence-corrected chi connectivity index (χ1v) is 15.2. The summed E-state index contributed by atoms with van der Waals surface area (Å²) in [5.41, 5.74) is 1.93. The van der Waals surface area contributed by atoms with Gasteiger partial charge in [0.05, 0.1) is 5.52 Å². The smallest absolute Gasteiger partial charge is 0.190 e. The lowest BCUT2D eigenvalue weighted by atomic mass is 10.1. The summed E-state index contributed by atoms with van der Waals surface area (Å²) in [6, 6.07) is 29.3. The maximum absolute atomic E-state index is 7.10. The van der Waals surface area contributed by atoms with Crippen LogP contribution >= 0.6 is 0 Å². The van der Waals surface area contributed by atoms with E-state index in [0.29, 0.717) is 0 Å². The third-order valence-electron chi connectivity index (χ3n) is 6.82. The summed E-state index contributed by atoms with van der Waals surface area (Å²) in [6.07, 6.45) is 6.95. The Morgan fingerprint density at radius 3 is 2.15 bits per heavy atom. The summed E-state index contributed by atoms with van der Waals surface area (Å²) in [7, 11) is -2.29. The molecular weight excluding hydrogens is 422 g/mol. The van der Waals surface area contributed by atoms with Crippen molar-refractivity contribution in [1.29, 1.82) is 0 Å². The first-order valence-electron chi connectivity index (χ1n) is 12.2. The van der Waals surface area contributed by atoms with Crippen molar-refractivity contribution >= 4 is 24.3 Å². The lowest BCUT2D eigenvalue weighted by molar-refractivity contribution is 0.0463. The van der Waals surface area contributed by atoms with E-state index in [4.69, 9.17) is 9.95 Å². The zero-order chi connectivity index (χ0) is 23.2. The summed E-state index contributed by atoms with van der Waals surface area (Å²) < 4.78 is 9.21. The molecule has 0 aliphatic carbocycles. The van der Waals surface area contributed by atoms with E-state index >= 15 is 0 Å². The highest BCUT2D eigenvalue weighted by Crippen LogP contribution is 2.38. The molecule has 0 saturated heterocycles. The van der Waals surface area contributed by atoms with Crippen molar-refractivity contribution in [2.24, 2.45) is 0 Å². The number of rotatable bonds is 11. The Hall–Kier alpha value is -2.92. The second kappa shape index (κ2) is 10.3. The van der Waals surface area contributed by atoms with Crippen LogP contribution in [0.5, 0.6) is 5.75 Å². The van der Waals surface area contributed by atoms with Crippen molar-refractivity contribution in [2.75, 3.05) is 0 Å². The average Bonchev–Trinajstić information content (AvgIpc) is 3.29. The molecule has 1 unspecified atom stereocenters. The highest BCUT2D eigenvalue weighted by Gasteiger charge is 2.53. The fraction of sp³-hybridized carbons (Fsp3) is 0.357. The van der Waals surface area contributed by atoms with Gasteiger partial charge in [0, 0.05) is 6.42 Å². The third kappa shape index (κ3) is 4.74. The van der Waals surface area contributed by atoms with E-state index in [-0.39, 0.29) is 0 Å². The molecule has 5 heteroatoms. The van der Waals surface area contributed by atoms with Crippen molar-refractivity contribution in [3.63, 3.8) is 0 Å². The largest absolute Gasteiger partial charge is 0.469 e. The topological polar surface area (TPSA) is 39.9 Å². The Balaban J connectivity index is 1.88. The standard InChI is InChI=1S/C28H35N3OSi/c1-4-5-6-7-16-23-28(32-24-17-10-8-11-18-24,33(2,3)25-19-12-9-13-20-25)31-27-22-15-14-21-26(27)29-30-31/h8-15,17-22H,4-7,16,23H2,1-3H3. The quantitative estimate of drug-likeness (QED) is 0.186. The van der Waals surface area contributed by atoms with E-state index < -0.39 is 13.4 Å². The fourth-order valence-electron chi connectivity index (χ4n) is 4.77. The van der Waals surface area contributed by atoms with Crippen molar-refractivity contribution in [3.05, 3.63) is 84.9 Å². The molecule has 33 heavy (non-hydrogen) atoms. The van der Waals surface area contributed by atoms with Gasteiger partial charge in [0.25, 0.3) is 0 Å². The second-order valence-electron chi connectivity index (χ2n) is 9.34. The van der Waals surface area contributed by atoms with Gasteiger partial charge in [0.2, 0.25) is 0 Å². The molecule has 172 valence electrons. The van der Waals surface area contributed by atoms with Crippen LogP contribution in [-0.2, 0) is 5.35 Å². The van der Waals surface area contributed by atoms with Gasteiger partial charge in [-0.2, -0.15) is 0 Å². The minimum atomic E-state index is -2.29. The Bertz CT molecular complexity index is 1140. The van der Waals surface area contributed by atoms with Gasteiger partial charge >= 0.3 is 0 Å². The molecule has 0 aliphatic rings. The van der Waals surface area contributed by atoms with Crippen LogP contribution in [-0.4, -0.2) is 23.1 Å². The minimum absolute atomic E-state index is 0.613. The van der Waals surface area contributed by atoms with Gasteiger partial charge in [-0.15, -0.1) is 5.10 Å². The molecule has 0 radical (unpaired) electrons. The number of fused-ring (bicyclic) bond motifs is 1. The molecule has 0 fully saturated rings. The normalized spacial score (nSPS) is 13.7. The highest BCUT2D eigenvalue weighted by molar-refractivity contribution is 6.91. The summed E-state index contributed by atoms with van der Waals surface area (Å²) in [5.74, 6) is 0.877. The van der Waals surface area contributed by atoms with E-state index in [1.807, 2.05) is 30.3 Å². The molecular formula is C28H35N3OSi. The number of aromatic nitrogens is 3. The first-order chi connectivity index (χ1) is 16.1. The predicted molar refractivity (Wildman–Crippen MR) is 140 cm³/mol. The number of ether oxygens (including phenoxy) is 1. The van der Waals surface area contributed by atoms with Gasteiger partial charge in [0.15, 0.2) is 13.4 Å². The number of unbranched alkanes of at least 4 members (excludes halogenated alkanes) is 4. The van der Waals surface area contributed by atoms with Crippen molar-refractivity contribution < 1.29 is 4.74 Å². The van der Waals surface area contributed by atoms with E-state index in [0.717, 1.165) is 29.6 Å². The minimum Gasteiger partial charge on any atom is -0.469 e. The summed E-state index contributed by atoms with van der Waals surface area (Å²) in [5, 5.41) is 10.0. The number of para-hydroxylation sites is 2. The molecule has 1 atom stereocenters. The lowest BCUT2D eigenvalue weighted by Crippen LogP contribution is -2.66. The Kier molecular flexibility index (Phi) is 7.28. The number of hydrogen-bond donors (Lipinski definition) is 0. The molecule has 3 aromatic carbocycles. The number of hydrogen-bond acceptors (Lipinski definition) is 3. The van der Waals surface area contributed by atoms with Crippen LogP contribution in [0.1, 0.15) is 45.4 Å². The molecule has 1 heterocycles. The van der Waals surface area contributed by atoms with Gasteiger partial charge in [0.1, 0.15) is 11.3 Å².